The van der Waals surface area contributed by atoms with Crippen LogP contribution < -0.4 is 5.32 Å². The van der Waals surface area contributed by atoms with E-state index in [1.54, 1.807) is 0 Å². The lowest BCUT2D eigenvalue weighted by Gasteiger charge is -2.20. The van der Waals surface area contributed by atoms with Crippen LogP contribution in [0.2, 0.25) is 0 Å². The molecule has 1 heterocycles. The van der Waals surface area contributed by atoms with Gasteiger partial charge in [0.25, 0.3) is 0 Å². The molecule has 1 saturated heterocycles. The van der Waals surface area contributed by atoms with Gasteiger partial charge in [-0.05, 0) is 12.6 Å². The molecule has 2 rings (SSSR count). The summed E-state index contributed by atoms with van der Waals surface area (Å²) in [4.78, 5) is 2.39. The van der Waals surface area contributed by atoms with Crippen molar-refractivity contribution in [2.75, 3.05) is 25.2 Å². The Morgan fingerprint density at radius 1 is 1.40 bits per heavy atom. The van der Waals surface area contributed by atoms with E-state index in [4.69, 9.17) is 0 Å². The van der Waals surface area contributed by atoms with Crippen molar-refractivity contribution in [2.45, 2.75) is 12.6 Å². The molecule has 1 unspecified atom stereocenters. The number of hydrogen-bond donors (Lipinski definition) is 1. The van der Waals surface area contributed by atoms with Gasteiger partial charge in [0.05, 0.1) is 0 Å². The van der Waals surface area contributed by atoms with Crippen LogP contribution in [0.5, 0.6) is 0 Å². The van der Waals surface area contributed by atoms with E-state index in [9.17, 15) is 0 Å². The van der Waals surface area contributed by atoms with Crippen molar-refractivity contribution < 1.29 is 0 Å². The Kier molecular flexibility index (Phi) is 4.06. The van der Waals surface area contributed by atoms with Crippen LogP contribution in [0.4, 0.5) is 0 Å². The lowest BCUT2D eigenvalue weighted by atomic mass is 10.2. The Balaban J connectivity index is 1.79. The smallest absolute Gasteiger partial charge is 0.0421 e. The minimum absolute atomic E-state index is 0.670. The SMILES string of the molecule is CN(Cc1ccccc1)CC1CSCN1. The minimum atomic E-state index is 0.670. The molecule has 0 aliphatic carbocycles. The van der Waals surface area contributed by atoms with Crippen molar-refractivity contribution in [2.24, 2.45) is 0 Å². The highest BCUT2D eigenvalue weighted by Gasteiger charge is 2.15. The lowest BCUT2D eigenvalue weighted by molar-refractivity contribution is 0.299. The van der Waals surface area contributed by atoms with Crippen molar-refractivity contribution in [3.05, 3.63) is 35.9 Å². The predicted molar refractivity (Wildman–Crippen MR) is 67.0 cm³/mol. The molecule has 1 aliphatic rings. The first-order valence-electron chi connectivity index (χ1n) is 5.38. The molecular formula is C12H18N2S. The summed E-state index contributed by atoms with van der Waals surface area (Å²) in [5.41, 5.74) is 1.39. The first-order valence-corrected chi connectivity index (χ1v) is 6.53. The van der Waals surface area contributed by atoms with Gasteiger partial charge in [-0.15, -0.1) is 11.8 Å². The van der Waals surface area contributed by atoms with E-state index in [1.807, 2.05) is 11.8 Å². The minimum Gasteiger partial charge on any atom is -0.303 e. The fourth-order valence-electron chi connectivity index (χ4n) is 1.89. The number of likely N-dealkylation sites (N-methyl/N-ethyl adjacent to an activating group) is 1. The van der Waals surface area contributed by atoms with Crippen molar-refractivity contribution in [1.29, 1.82) is 0 Å². The van der Waals surface area contributed by atoms with Crippen LogP contribution in [0.15, 0.2) is 30.3 Å². The van der Waals surface area contributed by atoms with Crippen LogP contribution >= 0.6 is 11.8 Å². The molecule has 0 saturated carbocycles. The molecule has 2 nitrogen and oxygen atoms in total. The molecule has 1 aromatic rings. The van der Waals surface area contributed by atoms with Gasteiger partial charge in [0.2, 0.25) is 0 Å². The van der Waals surface area contributed by atoms with Gasteiger partial charge in [-0.2, -0.15) is 0 Å². The van der Waals surface area contributed by atoms with Gasteiger partial charge >= 0.3 is 0 Å². The molecule has 15 heavy (non-hydrogen) atoms. The van der Waals surface area contributed by atoms with E-state index in [0.717, 1.165) is 19.0 Å². The number of benzene rings is 1. The van der Waals surface area contributed by atoms with Crippen molar-refractivity contribution in [3.8, 4) is 0 Å². The summed E-state index contributed by atoms with van der Waals surface area (Å²) in [6, 6.07) is 11.3. The summed E-state index contributed by atoms with van der Waals surface area (Å²) in [6.45, 7) is 2.19. The van der Waals surface area contributed by atoms with Gasteiger partial charge in [0, 0.05) is 30.8 Å². The van der Waals surface area contributed by atoms with E-state index in [2.05, 4.69) is 47.6 Å². The third-order valence-electron chi connectivity index (χ3n) is 2.62. The monoisotopic (exact) mass is 222 g/mol. The van der Waals surface area contributed by atoms with Crippen LogP contribution in [0.3, 0.4) is 0 Å². The number of thioether (sulfide) groups is 1. The highest BCUT2D eigenvalue weighted by molar-refractivity contribution is 7.99. The molecule has 0 radical (unpaired) electrons. The maximum absolute atomic E-state index is 3.49. The third-order valence-corrected chi connectivity index (χ3v) is 3.63. The van der Waals surface area contributed by atoms with E-state index in [0.29, 0.717) is 6.04 Å². The molecule has 3 heteroatoms. The Morgan fingerprint density at radius 2 is 2.20 bits per heavy atom. The van der Waals surface area contributed by atoms with Crippen LogP contribution in [0.25, 0.3) is 0 Å². The molecule has 1 atom stereocenters. The Morgan fingerprint density at radius 3 is 2.87 bits per heavy atom. The lowest BCUT2D eigenvalue weighted by Crippen LogP contribution is -2.36. The standard InChI is InChI=1S/C12H18N2S/c1-14(8-12-9-15-10-13-12)7-11-5-3-2-4-6-11/h2-6,12-13H,7-10H2,1H3. The number of rotatable bonds is 4. The summed E-state index contributed by atoms with van der Waals surface area (Å²) in [5, 5.41) is 3.49. The second kappa shape index (κ2) is 5.54. The third kappa shape index (κ3) is 3.52. The number of nitrogens with zero attached hydrogens (tertiary/aromatic N) is 1. The van der Waals surface area contributed by atoms with E-state index in [-0.39, 0.29) is 0 Å². The highest BCUT2D eigenvalue weighted by atomic mass is 32.2. The van der Waals surface area contributed by atoms with Gasteiger partial charge in [0.15, 0.2) is 0 Å². The first kappa shape index (κ1) is 11.0. The maximum Gasteiger partial charge on any atom is 0.0421 e. The van der Waals surface area contributed by atoms with Gasteiger partial charge in [-0.1, -0.05) is 30.3 Å². The highest BCUT2D eigenvalue weighted by Crippen LogP contribution is 2.11. The zero-order chi connectivity index (χ0) is 10.5. The van der Waals surface area contributed by atoms with E-state index < -0.39 is 0 Å². The summed E-state index contributed by atoms with van der Waals surface area (Å²) in [7, 11) is 2.19. The number of nitrogens with one attached hydrogen (secondary N) is 1. The topological polar surface area (TPSA) is 15.3 Å². The molecule has 0 amide bonds. The molecule has 82 valence electrons. The predicted octanol–water partition coefficient (Wildman–Crippen LogP) is 1.78. The van der Waals surface area contributed by atoms with Gasteiger partial charge in [0.1, 0.15) is 0 Å². The Hall–Kier alpha value is -0.510. The van der Waals surface area contributed by atoms with Crippen LogP contribution in [0, 0.1) is 0 Å². The molecule has 0 bridgehead atoms. The molecule has 1 fully saturated rings. The summed E-state index contributed by atoms with van der Waals surface area (Å²) < 4.78 is 0. The van der Waals surface area contributed by atoms with Crippen LogP contribution in [-0.2, 0) is 6.54 Å². The zero-order valence-corrected chi connectivity index (χ0v) is 9.96. The molecule has 0 spiro atoms. The van der Waals surface area contributed by atoms with Crippen molar-refractivity contribution >= 4 is 11.8 Å². The number of hydrogen-bond acceptors (Lipinski definition) is 3. The summed E-state index contributed by atoms with van der Waals surface area (Å²) >= 11 is 1.99. The average Bonchev–Trinajstić information content (AvgIpc) is 2.71. The van der Waals surface area contributed by atoms with E-state index in [1.165, 1.54) is 11.3 Å². The molecule has 1 N–H and O–H groups in total. The average molecular weight is 222 g/mol. The first-order chi connectivity index (χ1) is 7.34. The Bertz CT molecular complexity index is 283. The second-order valence-electron chi connectivity index (χ2n) is 4.10. The second-order valence-corrected chi connectivity index (χ2v) is 5.13. The molecule has 0 aromatic heterocycles. The largest absolute Gasteiger partial charge is 0.303 e. The fraction of sp³-hybridized carbons (Fsp3) is 0.500. The van der Waals surface area contributed by atoms with Crippen molar-refractivity contribution in [3.63, 3.8) is 0 Å². The van der Waals surface area contributed by atoms with Crippen LogP contribution in [-0.4, -0.2) is 36.2 Å². The Labute approximate surface area is 96.0 Å². The molecule has 1 aromatic carbocycles. The van der Waals surface area contributed by atoms with Gasteiger partial charge < -0.3 is 10.2 Å². The quantitative estimate of drug-likeness (QED) is 0.836. The van der Waals surface area contributed by atoms with E-state index >= 15 is 0 Å². The summed E-state index contributed by atoms with van der Waals surface area (Å²) in [6.07, 6.45) is 0. The van der Waals surface area contributed by atoms with Crippen LogP contribution in [0.1, 0.15) is 5.56 Å². The zero-order valence-electron chi connectivity index (χ0n) is 9.15. The van der Waals surface area contributed by atoms with Crippen molar-refractivity contribution in [1.82, 2.24) is 10.2 Å². The van der Waals surface area contributed by atoms with Gasteiger partial charge in [-0.25, -0.2) is 0 Å². The molecule has 1 aliphatic heterocycles. The summed E-state index contributed by atoms with van der Waals surface area (Å²) in [5.74, 6) is 2.36. The fourth-order valence-corrected chi connectivity index (χ4v) is 2.87. The normalized spacial score (nSPS) is 21.1. The van der Waals surface area contributed by atoms with Gasteiger partial charge in [-0.3, -0.25) is 0 Å². The molecular weight excluding hydrogens is 204 g/mol. The maximum atomic E-state index is 3.49.